The molecule has 4 heterocycles. The first kappa shape index (κ1) is 25.9. The molecule has 3 aliphatic rings. The van der Waals surface area contributed by atoms with Crippen LogP contribution in [0.4, 0.5) is 27.0 Å². The first-order valence-corrected chi connectivity index (χ1v) is 14.0. The monoisotopic (exact) mass is 555 g/mol. The Hall–Kier alpha value is -4.38. The molecule has 4 amide bonds. The Labute approximate surface area is 236 Å². The summed E-state index contributed by atoms with van der Waals surface area (Å²) in [4.78, 5) is 52.8. The van der Waals surface area contributed by atoms with Gasteiger partial charge in [-0.3, -0.25) is 14.9 Å². The summed E-state index contributed by atoms with van der Waals surface area (Å²) in [6.45, 7) is 3.45. The van der Waals surface area contributed by atoms with Gasteiger partial charge in [0.25, 0.3) is 11.1 Å². The lowest BCUT2D eigenvalue weighted by molar-refractivity contribution is -0.115. The predicted molar refractivity (Wildman–Crippen MR) is 156 cm³/mol. The number of benzene rings is 2. The van der Waals surface area contributed by atoms with Gasteiger partial charge in [0.15, 0.2) is 0 Å². The van der Waals surface area contributed by atoms with E-state index in [1.165, 1.54) is 0 Å². The molecular weight excluding hydrogens is 526 g/mol. The fourth-order valence-corrected chi connectivity index (χ4v) is 6.06. The molecule has 40 heavy (non-hydrogen) atoms. The first-order valence-electron chi connectivity index (χ1n) is 13.2. The number of carbonyl (C=O) groups is 3. The molecule has 3 saturated heterocycles. The Kier molecular flexibility index (Phi) is 7.12. The van der Waals surface area contributed by atoms with Crippen LogP contribution in [0.1, 0.15) is 11.3 Å². The smallest absolute Gasteiger partial charge is 0.321 e. The van der Waals surface area contributed by atoms with Gasteiger partial charge in [-0.05, 0) is 35.5 Å². The van der Waals surface area contributed by atoms with E-state index in [2.05, 4.69) is 27.7 Å². The average Bonchev–Trinajstić information content (AvgIpc) is 3.62. The van der Waals surface area contributed by atoms with Crippen LogP contribution in [0.15, 0.2) is 71.6 Å². The van der Waals surface area contributed by atoms with Gasteiger partial charge in [-0.2, -0.15) is 4.98 Å². The number of aromatic nitrogens is 2. The second-order valence-corrected chi connectivity index (χ2v) is 11.3. The largest absolute Gasteiger partial charge is 0.355 e. The summed E-state index contributed by atoms with van der Waals surface area (Å²) in [5, 5.41) is 4.89. The zero-order valence-corrected chi connectivity index (χ0v) is 22.8. The van der Waals surface area contributed by atoms with E-state index in [0.717, 1.165) is 41.9 Å². The second-order valence-electron chi connectivity index (χ2n) is 10.3. The number of nitrogens with one attached hydrogen (secondary N) is 2. The normalized spacial score (nSPS) is 21.1. The van der Waals surface area contributed by atoms with Crippen LogP contribution in [0.3, 0.4) is 0 Å². The number of hydrogen-bond acceptors (Lipinski definition) is 8. The van der Waals surface area contributed by atoms with Crippen molar-refractivity contribution in [2.24, 2.45) is 11.8 Å². The van der Waals surface area contributed by atoms with Crippen molar-refractivity contribution in [2.75, 3.05) is 48.3 Å². The number of fused-ring (bicyclic) bond motifs is 1. The van der Waals surface area contributed by atoms with E-state index in [0.29, 0.717) is 48.0 Å². The maximum atomic E-state index is 12.8. The molecule has 1 aromatic heterocycles. The van der Waals surface area contributed by atoms with Gasteiger partial charge in [-0.15, -0.1) is 0 Å². The van der Waals surface area contributed by atoms with Gasteiger partial charge in [0.05, 0.1) is 10.6 Å². The third-order valence-corrected chi connectivity index (χ3v) is 8.19. The second kappa shape index (κ2) is 11.0. The number of carbonyl (C=O) groups excluding carboxylic acids is 3. The number of nitrogens with zero attached hydrogens (tertiary/aromatic N) is 5. The molecule has 2 atom stereocenters. The molecule has 10 nitrogen and oxygen atoms in total. The molecule has 3 aliphatic heterocycles. The van der Waals surface area contributed by atoms with Gasteiger partial charge in [0, 0.05) is 63.4 Å². The van der Waals surface area contributed by atoms with E-state index in [1.54, 1.807) is 6.08 Å². The number of para-hydroxylation sites is 1. The van der Waals surface area contributed by atoms with Gasteiger partial charge in [0.2, 0.25) is 5.95 Å². The molecule has 2 aromatic carbocycles. The molecule has 11 heteroatoms. The SMILES string of the molecule is CN(Cc1ccccc1)c1cc(/C=C2\SC(=O)NC2=O)nc(N2CC3CN(C(=O)Nc4ccccc4)CC3C2)n1. The van der Waals surface area contributed by atoms with Gasteiger partial charge in [-0.1, -0.05) is 48.5 Å². The van der Waals surface area contributed by atoms with Crippen molar-refractivity contribution < 1.29 is 14.4 Å². The molecule has 2 unspecified atom stereocenters. The summed E-state index contributed by atoms with van der Waals surface area (Å²) in [6, 6.07) is 21.4. The Morgan fingerprint density at radius 2 is 1.70 bits per heavy atom. The fraction of sp³-hybridized carbons (Fsp3) is 0.276. The average molecular weight is 556 g/mol. The maximum absolute atomic E-state index is 12.8. The molecule has 3 aromatic rings. The summed E-state index contributed by atoms with van der Waals surface area (Å²) in [5.41, 5.74) is 2.49. The quantitative estimate of drug-likeness (QED) is 0.439. The highest BCUT2D eigenvalue weighted by atomic mass is 32.2. The lowest BCUT2D eigenvalue weighted by Gasteiger charge is -2.24. The summed E-state index contributed by atoms with van der Waals surface area (Å²) >= 11 is 0.871. The minimum Gasteiger partial charge on any atom is -0.355 e. The lowest BCUT2D eigenvalue weighted by atomic mass is 10.0. The summed E-state index contributed by atoms with van der Waals surface area (Å²) in [6.07, 6.45) is 1.64. The molecule has 0 saturated carbocycles. The molecule has 0 radical (unpaired) electrons. The van der Waals surface area contributed by atoms with Gasteiger partial charge >= 0.3 is 6.03 Å². The minimum absolute atomic E-state index is 0.0799. The van der Waals surface area contributed by atoms with Crippen molar-refractivity contribution in [1.29, 1.82) is 0 Å². The van der Waals surface area contributed by atoms with Crippen LogP contribution in [-0.4, -0.2) is 65.3 Å². The molecule has 0 spiro atoms. The number of thioether (sulfide) groups is 1. The minimum atomic E-state index is -0.418. The number of imide groups is 1. The van der Waals surface area contributed by atoms with E-state index in [1.807, 2.05) is 71.4 Å². The van der Waals surface area contributed by atoms with Crippen LogP contribution in [0.25, 0.3) is 6.08 Å². The van der Waals surface area contributed by atoms with Crippen LogP contribution < -0.4 is 20.4 Å². The number of anilines is 3. The molecule has 0 bridgehead atoms. The number of amides is 4. The standard InChI is InChI=1S/C29H29N7O3S/c1-34(14-19-8-4-2-5-9-19)25-13-23(12-24-26(37)33-29(39)40-24)30-27(32-25)35-15-20-17-36(18-21(20)16-35)28(38)31-22-10-6-3-7-11-22/h2-13,20-21H,14-18H2,1H3,(H,31,38)(H,33,37,39)/b24-12-. The van der Waals surface area contributed by atoms with Crippen molar-refractivity contribution in [2.45, 2.75) is 6.54 Å². The highest BCUT2D eigenvalue weighted by Gasteiger charge is 2.42. The Balaban J connectivity index is 1.20. The Morgan fingerprint density at radius 1 is 1.02 bits per heavy atom. The van der Waals surface area contributed by atoms with E-state index >= 15 is 0 Å². The third kappa shape index (κ3) is 5.64. The highest BCUT2D eigenvalue weighted by Crippen LogP contribution is 2.34. The van der Waals surface area contributed by atoms with Gasteiger partial charge in [0.1, 0.15) is 5.82 Å². The van der Waals surface area contributed by atoms with Crippen molar-refractivity contribution >= 4 is 52.5 Å². The summed E-state index contributed by atoms with van der Waals surface area (Å²) < 4.78 is 0. The van der Waals surface area contributed by atoms with E-state index in [4.69, 9.17) is 9.97 Å². The van der Waals surface area contributed by atoms with Crippen LogP contribution in [0, 0.1) is 11.8 Å². The van der Waals surface area contributed by atoms with Crippen LogP contribution in [-0.2, 0) is 11.3 Å². The number of urea groups is 1. The zero-order valence-electron chi connectivity index (χ0n) is 22.0. The van der Waals surface area contributed by atoms with Crippen molar-refractivity contribution in [3.63, 3.8) is 0 Å². The maximum Gasteiger partial charge on any atom is 0.321 e. The lowest BCUT2D eigenvalue weighted by Crippen LogP contribution is -2.36. The van der Waals surface area contributed by atoms with E-state index in [-0.39, 0.29) is 11.3 Å². The zero-order chi connectivity index (χ0) is 27.6. The number of hydrogen-bond donors (Lipinski definition) is 2. The molecule has 0 aliphatic carbocycles. The molecule has 6 rings (SSSR count). The summed E-state index contributed by atoms with van der Waals surface area (Å²) in [5.74, 6) is 1.50. The Bertz CT molecular complexity index is 1450. The van der Waals surface area contributed by atoms with Crippen molar-refractivity contribution in [3.05, 3.63) is 82.9 Å². The van der Waals surface area contributed by atoms with Gasteiger partial charge in [-0.25, -0.2) is 9.78 Å². The fourth-order valence-electron chi connectivity index (χ4n) is 5.39. The highest BCUT2D eigenvalue weighted by molar-refractivity contribution is 8.18. The van der Waals surface area contributed by atoms with E-state index in [9.17, 15) is 14.4 Å². The Morgan fingerprint density at radius 3 is 2.35 bits per heavy atom. The number of likely N-dealkylation sites (tertiary alicyclic amines) is 1. The molecular formula is C29H29N7O3S. The third-order valence-electron chi connectivity index (χ3n) is 7.38. The van der Waals surface area contributed by atoms with Crippen molar-refractivity contribution in [3.8, 4) is 0 Å². The number of rotatable bonds is 6. The van der Waals surface area contributed by atoms with E-state index < -0.39 is 5.91 Å². The summed E-state index contributed by atoms with van der Waals surface area (Å²) in [7, 11) is 1.97. The molecule has 3 fully saturated rings. The molecule has 2 N–H and O–H groups in total. The van der Waals surface area contributed by atoms with Crippen molar-refractivity contribution in [1.82, 2.24) is 20.2 Å². The van der Waals surface area contributed by atoms with Crippen LogP contribution in [0.5, 0.6) is 0 Å². The van der Waals surface area contributed by atoms with Gasteiger partial charge < -0.3 is 20.0 Å². The first-order chi connectivity index (χ1) is 19.4. The molecule has 204 valence electrons. The topological polar surface area (TPSA) is 111 Å². The van der Waals surface area contributed by atoms with Crippen LogP contribution in [0.2, 0.25) is 0 Å². The van der Waals surface area contributed by atoms with Crippen LogP contribution >= 0.6 is 11.8 Å². The predicted octanol–water partition coefficient (Wildman–Crippen LogP) is 4.04.